The minimum absolute atomic E-state index is 0.167. The number of methoxy groups -OCH3 is 1. The molecule has 126 valence electrons. The van der Waals surface area contributed by atoms with Gasteiger partial charge in [-0.2, -0.15) is 0 Å². The van der Waals surface area contributed by atoms with E-state index in [0.717, 1.165) is 12.8 Å². The molecule has 0 bridgehead atoms. The normalized spacial score (nSPS) is 14.4. The first-order valence-electron chi connectivity index (χ1n) is 7.90. The third-order valence-electron chi connectivity index (χ3n) is 3.99. The number of hydrogen-bond acceptors (Lipinski definition) is 5. The highest BCUT2D eigenvalue weighted by molar-refractivity contribution is 6.32. The van der Waals surface area contributed by atoms with Crippen molar-refractivity contribution in [2.24, 2.45) is 0 Å². The van der Waals surface area contributed by atoms with Gasteiger partial charge in [-0.15, -0.1) is 0 Å². The molecule has 1 aliphatic carbocycles. The van der Waals surface area contributed by atoms with Crippen molar-refractivity contribution in [2.45, 2.75) is 31.7 Å². The molecule has 1 amide bonds. The lowest BCUT2D eigenvalue weighted by molar-refractivity contribution is 0.0933. The van der Waals surface area contributed by atoms with E-state index < -0.39 is 0 Å². The predicted molar refractivity (Wildman–Crippen MR) is 93.0 cm³/mol. The van der Waals surface area contributed by atoms with E-state index in [9.17, 15) is 4.79 Å². The first kappa shape index (κ1) is 16.5. The average Bonchev–Trinajstić information content (AvgIpc) is 3.08. The highest BCUT2D eigenvalue weighted by atomic mass is 35.5. The highest BCUT2D eigenvalue weighted by Gasteiger charge is 2.19. The van der Waals surface area contributed by atoms with E-state index >= 15 is 0 Å². The topological polar surface area (TPSA) is 76.1 Å². The van der Waals surface area contributed by atoms with Crippen LogP contribution < -0.4 is 15.4 Å². The zero-order chi connectivity index (χ0) is 16.9. The summed E-state index contributed by atoms with van der Waals surface area (Å²) in [6, 6.07) is 7.14. The van der Waals surface area contributed by atoms with Crippen molar-refractivity contribution in [1.82, 2.24) is 15.3 Å². The van der Waals surface area contributed by atoms with Crippen molar-refractivity contribution in [3.05, 3.63) is 41.2 Å². The molecule has 1 aliphatic rings. The summed E-state index contributed by atoms with van der Waals surface area (Å²) in [6.45, 7) is 0. The summed E-state index contributed by atoms with van der Waals surface area (Å²) in [6.07, 6.45) is 5.96. The highest BCUT2D eigenvalue weighted by Crippen LogP contribution is 2.28. The van der Waals surface area contributed by atoms with E-state index in [1.165, 1.54) is 12.8 Å². The van der Waals surface area contributed by atoms with E-state index in [1.807, 2.05) is 0 Å². The summed E-state index contributed by atoms with van der Waals surface area (Å²) in [5, 5.41) is 6.54. The molecular weight excluding hydrogens is 328 g/mol. The number of aromatic nitrogens is 2. The van der Waals surface area contributed by atoms with Crippen LogP contribution in [0.4, 0.5) is 11.6 Å². The van der Waals surface area contributed by atoms with Crippen LogP contribution in [-0.4, -0.2) is 29.0 Å². The zero-order valence-corrected chi connectivity index (χ0v) is 14.1. The van der Waals surface area contributed by atoms with Gasteiger partial charge in [0.25, 0.3) is 5.91 Å². The number of benzene rings is 1. The summed E-state index contributed by atoms with van der Waals surface area (Å²) in [5.41, 5.74) is 1.06. The van der Waals surface area contributed by atoms with Gasteiger partial charge in [0.1, 0.15) is 11.4 Å². The van der Waals surface area contributed by atoms with Crippen LogP contribution >= 0.6 is 11.6 Å². The van der Waals surface area contributed by atoms with Gasteiger partial charge in [-0.05, 0) is 37.1 Å². The number of nitrogens with zero attached hydrogens (tertiary/aromatic N) is 2. The number of rotatable bonds is 5. The van der Waals surface area contributed by atoms with Gasteiger partial charge in [-0.25, -0.2) is 9.97 Å². The fourth-order valence-electron chi connectivity index (χ4n) is 2.75. The fraction of sp³-hybridized carbons (Fsp3) is 0.353. The second-order valence-electron chi connectivity index (χ2n) is 5.69. The first-order valence-corrected chi connectivity index (χ1v) is 8.28. The smallest absolute Gasteiger partial charge is 0.270 e. The van der Waals surface area contributed by atoms with Gasteiger partial charge in [-0.1, -0.05) is 24.4 Å². The molecule has 7 heteroatoms. The third-order valence-corrected chi connectivity index (χ3v) is 4.28. The Morgan fingerprint density at radius 3 is 2.79 bits per heavy atom. The van der Waals surface area contributed by atoms with Gasteiger partial charge in [0.2, 0.25) is 5.95 Å². The first-order chi connectivity index (χ1) is 11.7. The predicted octanol–water partition coefficient (Wildman–Crippen LogP) is 3.55. The van der Waals surface area contributed by atoms with Crippen molar-refractivity contribution in [3.63, 3.8) is 0 Å². The maximum absolute atomic E-state index is 12.3. The van der Waals surface area contributed by atoms with Crippen LogP contribution in [0.3, 0.4) is 0 Å². The Hall–Kier alpha value is -2.34. The molecule has 1 aromatic carbocycles. The van der Waals surface area contributed by atoms with E-state index in [4.69, 9.17) is 16.3 Å². The van der Waals surface area contributed by atoms with Crippen molar-refractivity contribution < 1.29 is 9.53 Å². The van der Waals surface area contributed by atoms with Gasteiger partial charge in [0, 0.05) is 17.9 Å². The fourth-order valence-corrected chi connectivity index (χ4v) is 3.01. The molecule has 1 fully saturated rings. The number of nitrogens with one attached hydrogen (secondary N) is 2. The molecule has 1 aromatic heterocycles. The van der Waals surface area contributed by atoms with Crippen molar-refractivity contribution in [2.75, 3.05) is 12.4 Å². The Morgan fingerprint density at radius 2 is 2.08 bits per heavy atom. The molecule has 0 radical (unpaired) electrons. The molecule has 6 nitrogen and oxygen atoms in total. The second kappa shape index (κ2) is 7.49. The Kier molecular flexibility index (Phi) is 5.15. The van der Waals surface area contributed by atoms with Crippen LogP contribution in [0.1, 0.15) is 36.2 Å². The van der Waals surface area contributed by atoms with Crippen LogP contribution in [0.2, 0.25) is 5.02 Å². The van der Waals surface area contributed by atoms with Crippen molar-refractivity contribution in [1.29, 1.82) is 0 Å². The molecule has 0 aliphatic heterocycles. The Labute approximate surface area is 145 Å². The van der Waals surface area contributed by atoms with Gasteiger partial charge in [0.05, 0.1) is 12.1 Å². The van der Waals surface area contributed by atoms with Crippen LogP contribution in [-0.2, 0) is 0 Å². The maximum atomic E-state index is 12.3. The lowest BCUT2D eigenvalue weighted by Crippen LogP contribution is -2.33. The molecule has 0 unspecified atom stereocenters. The molecule has 1 heterocycles. The van der Waals surface area contributed by atoms with Gasteiger partial charge >= 0.3 is 0 Å². The van der Waals surface area contributed by atoms with Crippen LogP contribution in [0.15, 0.2) is 30.5 Å². The average molecular weight is 347 g/mol. The Morgan fingerprint density at radius 1 is 1.29 bits per heavy atom. The summed E-state index contributed by atoms with van der Waals surface area (Å²) in [7, 11) is 1.56. The van der Waals surface area contributed by atoms with E-state index in [-0.39, 0.29) is 11.9 Å². The summed E-state index contributed by atoms with van der Waals surface area (Å²) >= 11 is 6.10. The van der Waals surface area contributed by atoms with Crippen LogP contribution in [0.5, 0.6) is 5.75 Å². The molecule has 0 saturated heterocycles. The maximum Gasteiger partial charge on any atom is 0.270 e. The summed E-state index contributed by atoms with van der Waals surface area (Å²) in [5.74, 6) is 0.767. The Balaban J connectivity index is 1.70. The van der Waals surface area contributed by atoms with Gasteiger partial charge < -0.3 is 15.4 Å². The number of ether oxygens (including phenoxy) is 1. The van der Waals surface area contributed by atoms with E-state index in [0.29, 0.717) is 28.1 Å². The molecule has 2 aromatic rings. The van der Waals surface area contributed by atoms with Crippen molar-refractivity contribution >= 4 is 29.1 Å². The SMILES string of the molecule is COc1ccc(Nc2nccc(C(=O)NC3CCCC3)n2)cc1Cl. The molecule has 0 spiro atoms. The molecule has 24 heavy (non-hydrogen) atoms. The zero-order valence-electron chi connectivity index (χ0n) is 13.4. The van der Waals surface area contributed by atoms with Gasteiger partial charge in [0.15, 0.2) is 0 Å². The van der Waals surface area contributed by atoms with Crippen molar-refractivity contribution in [3.8, 4) is 5.75 Å². The lowest BCUT2D eigenvalue weighted by atomic mass is 10.2. The van der Waals surface area contributed by atoms with E-state index in [2.05, 4.69) is 20.6 Å². The number of carbonyl (C=O) groups is 1. The minimum atomic E-state index is -0.167. The van der Waals surface area contributed by atoms with E-state index in [1.54, 1.807) is 37.6 Å². The number of hydrogen-bond donors (Lipinski definition) is 2. The minimum Gasteiger partial charge on any atom is -0.495 e. The number of anilines is 2. The lowest BCUT2D eigenvalue weighted by Gasteiger charge is -2.12. The third kappa shape index (κ3) is 3.94. The Bertz CT molecular complexity index is 732. The largest absolute Gasteiger partial charge is 0.495 e. The van der Waals surface area contributed by atoms with Gasteiger partial charge in [-0.3, -0.25) is 4.79 Å². The molecule has 0 atom stereocenters. The molecular formula is C17H19ClN4O2. The number of halogens is 1. The number of amides is 1. The van der Waals surface area contributed by atoms with Crippen LogP contribution in [0.25, 0.3) is 0 Å². The quantitative estimate of drug-likeness (QED) is 0.865. The summed E-state index contributed by atoms with van der Waals surface area (Å²) in [4.78, 5) is 20.7. The monoisotopic (exact) mass is 346 g/mol. The standard InChI is InChI=1S/C17H19ClN4O2/c1-24-15-7-6-12(10-13(15)18)21-17-19-9-8-14(22-17)16(23)20-11-4-2-3-5-11/h6-11H,2-5H2,1H3,(H,20,23)(H,19,21,22). The second-order valence-corrected chi connectivity index (χ2v) is 6.10. The van der Waals surface area contributed by atoms with Crippen LogP contribution in [0, 0.1) is 0 Å². The molecule has 2 N–H and O–H groups in total. The molecule has 3 rings (SSSR count). The summed E-state index contributed by atoms with van der Waals surface area (Å²) < 4.78 is 5.12. The molecule has 1 saturated carbocycles. The number of carbonyl (C=O) groups excluding carboxylic acids is 1.